The molecule has 2 N–H and O–H groups in total. The summed E-state index contributed by atoms with van der Waals surface area (Å²) in [6, 6.07) is 17.4. The SMILES string of the molecule is COc1ccc(-c2cc(-c3cccs3)c(C#N)c(N)c2C#N)cc1. The zero-order valence-corrected chi connectivity index (χ0v) is 13.7. The largest absolute Gasteiger partial charge is 0.497 e. The number of nitrogen functional groups attached to an aromatic ring is 1. The highest BCUT2D eigenvalue weighted by molar-refractivity contribution is 7.13. The Kier molecular flexibility index (Phi) is 4.20. The minimum atomic E-state index is 0.219. The molecule has 0 bridgehead atoms. The molecule has 3 aromatic rings. The van der Waals surface area contributed by atoms with Crippen molar-refractivity contribution in [2.24, 2.45) is 0 Å². The molecule has 0 aliphatic rings. The van der Waals surface area contributed by atoms with Crippen molar-refractivity contribution in [1.29, 1.82) is 10.5 Å². The Morgan fingerprint density at radius 3 is 2.21 bits per heavy atom. The number of anilines is 1. The molecule has 0 radical (unpaired) electrons. The van der Waals surface area contributed by atoms with Crippen molar-refractivity contribution in [1.82, 2.24) is 0 Å². The van der Waals surface area contributed by atoms with Crippen LogP contribution in [0.15, 0.2) is 47.8 Å². The van der Waals surface area contributed by atoms with E-state index in [-0.39, 0.29) is 5.69 Å². The van der Waals surface area contributed by atoms with Gasteiger partial charge in [0.25, 0.3) is 0 Å². The maximum atomic E-state index is 9.54. The number of hydrogen-bond donors (Lipinski definition) is 1. The first-order chi connectivity index (χ1) is 11.7. The van der Waals surface area contributed by atoms with Gasteiger partial charge < -0.3 is 10.5 Å². The van der Waals surface area contributed by atoms with E-state index >= 15 is 0 Å². The number of nitrogens with zero attached hydrogens (tertiary/aromatic N) is 2. The zero-order chi connectivity index (χ0) is 17.1. The van der Waals surface area contributed by atoms with Crippen LogP contribution < -0.4 is 10.5 Å². The Bertz CT molecular complexity index is 962. The minimum Gasteiger partial charge on any atom is -0.497 e. The molecule has 0 saturated carbocycles. The van der Waals surface area contributed by atoms with Crippen LogP contribution in [0.25, 0.3) is 21.6 Å². The fourth-order valence-corrected chi connectivity index (χ4v) is 3.32. The van der Waals surface area contributed by atoms with Crippen LogP contribution in [-0.2, 0) is 0 Å². The van der Waals surface area contributed by atoms with Crippen molar-refractivity contribution < 1.29 is 4.74 Å². The van der Waals surface area contributed by atoms with Crippen molar-refractivity contribution in [2.75, 3.05) is 12.8 Å². The molecule has 4 nitrogen and oxygen atoms in total. The quantitative estimate of drug-likeness (QED) is 0.720. The maximum Gasteiger partial charge on any atom is 0.118 e. The summed E-state index contributed by atoms with van der Waals surface area (Å²) in [5, 5.41) is 21.0. The smallest absolute Gasteiger partial charge is 0.118 e. The summed E-state index contributed by atoms with van der Waals surface area (Å²) in [5.41, 5.74) is 9.32. The van der Waals surface area contributed by atoms with E-state index in [1.54, 1.807) is 7.11 Å². The molecule has 2 aromatic carbocycles. The Morgan fingerprint density at radius 1 is 1.00 bits per heavy atom. The average Bonchev–Trinajstić information content (AvgIpc) is 3.15. The summed E-state index contributed by atoms with van der Waals surface area (Å²) in [4.78, 5) is 0.942. The third-order valence-corrected chi connectivity index (χ3v) is 4.68. The molecule has 0 spiro atoms. The van der Waals surface area contributed by atoms with E-state index in [2.05, 4.69) is 12.1 Å². The van der Waals surface area contributed by atoms with Crippen molar-refractivity contribution in [3.8, 4) is 39.5 Å². The normalized spacial score (nSPS) is 9.96. The molecule has 116 valence electrons. The number of methoxy groups -OCH3 is 1. The predicted octanol–water partition coefficient (Wildman–Crippen LogP) is 4.42. The van der Waals surface area contributed by atoms with Crippen LogP contribution in [0.1, 0.15) is 11.1 Å². The molecular weight excluding hydrogens is 318 g/mol. The molecule has 0 aliphatic heterocycles. The van der Waals surface area contributed by atoms with Crippen LogP contribution in [0.4, 0.5) is 5.69 Å². The molecule has 0 saturated heterocycles. The molecule has 24 heavy (non-hydrogen) atoms. The lowest BCUT2D eigenvalue weighted by molar-refractivity contribution is 0.415. The highest BCUT2D eigenvalue weighted by Crippen LogP contribution is 2.38. The number of ether oxygens (including phenoxy) is 1. The van der Waals surface area contributed by atoms with E-state index in [1.165, 1.54) is 11.3 Å². The molecule has 1 aromatic heterocycles. The molecular formula is C19H13N3OS. The second-order valence-corrected chi connectivity index (χ2v) is 6.01. The number of benzene rings is 2. The van der Waals surface area contributed by atoms with E-state index in [0.717, 1.165) is 21.8 Å². The van der Waals surface area contributed by atoms with Crippen molar-refractivity contribution in [3.63, 3.8) is 0 Å². The van der Waals surface area contributed by atoms with Crippen LogP contribution in [0.5, 0.6) is 5.75 Å². The van der Waals surface area contributed by atoms with E-state index in [0.29, 0.717) is 16.7 Å². The van der Waals surface area contributed by atoms with Gasteiger partial charge in [0, 0.05) is 16.0 Å². The summed E-state index contributed by atoms with van der Waals surface area (Å²) < 4.78 is 5.17. The number of thiophene rings is 1. The van der Waals surface area contributed by atoms with Gasteiger partial charge >= 0.3 is 0 Å². The standard InChI is InChI=1S/C19H13N3OS/c1-23-13-6-4-12(5-7-13)14-9-15(18-3-2-8-24-18)17(11-21)19(22)16(14)10-20/h2-9H,22H2,1H3. The number of nitriles is 2. The monoisotopic (exact) mass is 331 g/mol. The van der Waals surface area contributed by atoms with Gasteiger partial charge in [-0.1, -0.05) is 18.2 Å². The molecule has 0 unspecified atom stereocenters. The lowest BCUT2D eigenvalue weighted by atomic mass is 9.92. The maximum absolute atomic E-state index is 9.54. The molecule has 0 aliphatic carbocycles. The summed E-state index contributed by atoms with van der Waals surface area (Å²) in [6.07, 6.45) is 0. The topological polar surface area (TPSA) is 82.8 Å². The molecule has 5 heteroatoms. The Labute approximate surface area is 144 Å². The highest BCUT2D eigenvalue weighted by Gasteiger charge is 2.18. The minimum absolute atomic E-state index is 0.219. The zero-order valence-electron chi connectivity index (χ0n) is 12.9. The Morgan fingerprint density at radius 2 is 1.67 bits per heavy atom. The number of nitrogens with two attached hydrogens (primary N) is 1. The highest BCUT2D eigenvalue weighted by atomic mass is 32.1. The van der Waals surface area contributed by atoms with Gasteiger partial charge in [0.15, 0.2) is 0 Å². The predicted molar refractivity (Wildman–Crippen MR) is 95.6 cm³/mol. The lowest BCUT2D eigenvalue weighted by Gasteiger charge is -2.13. The van der Waals surface area contributed by atoms with Crippen LogP contribution in [-0.4, -0.2) is 7.11 Å². The Balaban J connectivity index is 2.29. The molecule has 0 atom stereocenters. The summed E-state index contributed by atoms with van der Waals surface area (Å²) in [5.74, 6) is 0.734. The van der Waals surface area contributed by atoms with Gasteiger partial charge in [-0.15, -0.1) is 11.3 Å². The van der Waals surface area contributed by atoms with E-state index in [1.807, 2.05) is 47.8 Å². The van der Waals surface area contributed by atoms with Gasteiger partial charge in [-0.05, 0) is 35.2 Å². The molecule has 3 rings (SSSR count). The van der Waals surface area contributed by atoms with E-state index in [9.17, 15) is 10.5 Å². The van der Waals surface area contributed by atoms with Gasteiger partial charge in [0.2, 0.25) is 0 Å². The van der Waals surface area contributed by atoms with Gasteiger partial charge in [0.05, 0.1) is 23.9 Å². The third kappa shape index (κ3) is 2.58. The van der Waals surface area contributed by atoms with Gasteiger partial charge in [-0.25, -0.2) is 0 Å². The van der Waals surface area contributed by atoms with Gasteiger partial charge in [-0.2, -0.15) is 10.5 Å². The molecule has 0 amide bonds. The van der Waals surface area contributed by atoms with Gasteiger partial charge in [-0.3, -0.25) is 0 Å². The molecule has 0 fully saturated rings. The lowest BCUT2D eigenvalue weighted by Crippen LogP contribution is -2.00. The summed E-state index contributed by atoms with van der Waals surface area (Å²) >= 11 is 1.53. The van der Waals surface area contributed by atoms with Crippen molar-refractivity contribution in [2.45, 2.75) is 0 Å². The molecule has 1 heterocycles. The summed E-state index contributed by atoms with van der Waals surface area (Å²) in [7, 11) is 1.60. The fourth-order valence-electron chi connectivity index (χ4n) is 2.57. The average molecular weight is 331 g/mol. The number of hydrogen-bond acceptors (Lipinski definition) is 5. The number of rotatable bonds is 3. The van der Waals surface area contributed by atoms with Crippen LogP contribution >= 0.6 is 11.3 Å². The van der Waals surface area contributed by atoms with Crippen LogP contribution in [0.3, 0.4) is 0 Å². The third-order valence-electron chi connectivity index (χ3n) is 3.78. The second-order valence-electron chi connectivity index (χ2n) is 5.06. The first-order valence-electron chi connectivity index (χ1n) is 7.14. The van der Waals surface area contributed by atoms with E-state index < -0.39 is 0 Å². The van der Waals surface area contributed by atoms with E-state index in [4.69, 9.17) is 10.5 Å². The second kappa shape index (κ2) is 6.45. The van der Waals surface area contributed by atoms with Gasteiger partial charge in [0.1, 0.15) is 17.9 Å². The summed E-state index contributed by atoms with van der Waals surface area (Å²) in [6.45, 7) is 0. The van der Waals surface area contributed by atoms with Crippen LogP contribution in [0.2, 0.25) is 0 Å². The van der Waals surface area contributed by atoms with Crippen molar-refractivity contribution in [3.05, 3.63) is 59.0 Å². The first kappa shape index (κ1) is 15.6. The Hall–Kier alpha value is -3.28. The fraction of sp³-hybridized carbons (Fsp3) is 0.0526. The van der Waals surface area contributed by atoms with Crippen LogP contribution in [0, 0.1) is 22.7 Å². The van der Waals surface area contributed by atoms with Crippen molar-refractivity contribution >= 4 is 17.0 Å². The first-order valence-corrected chi connectivity index (χ1v) is 8.02.